The zero-order valence-corrected chi connectivity index (χ0v) is 11.9. The van der Waals surface area contributed by atoms with Crippen LogP contribution in [0.4, 0.5) is 4.39 Å². The number of carbonyl (C=O) groups is 1. The third-order valence-electron chi connectivity index (χ3n) is 2.91. The fourth-order valence-electron chi connectivity index (χ4n) is 1.98. The van der Waals surface area contributed by atoms with Gasteiger partial charge in [-0.2, -0.15) is 0 Å². The van der Waals surface area contributed by atoms with E-state index in [1.165, 1.54) is 18.2 Å². The second-order valence-corrected chi connectivity index (χ2v) is 5.01. The van der Waals surface area contributed by atoms with Gasteiger partial charge in [-0.05, 0) is 25.0 Å². The Morgan fingerprint density at radius 1 is 1.47 bits per heavy atom. The van der Waals surface area contributed by atoms with Crippen molar-refractivity contribution in [3.05, 3.63) is 34.6 Å². The minimum atomic E-state index is -1.33. The Labute approximate surface area is 117 Å². The van der Waals surface area contributed by atoms with Crippen molar-refractivity contribution in [2.24, 2.45) is 11.8 Å². The maximum Gasteiger partial charge on any atom is 0.312 e. The lowest BCUT2D eigenvalue weighted by Gasteiger charge is -2.25. The molecule has 0 aromatic heterocycles. The Bertz CT molecular complexity index is 428. The number of halogens is 2. The van der Waals surface area contributed by atoms with Crippen LogP contribution in [0.1, 0.15) is 32.4 Å². The molecule has 0 aliphatic heterocycles. The summed E-state index contributed by atoms with van der Waals surface area (Å²) in [6.07, 6.45) is -1.33. The summed E-state index contributed by atoms with van der Waals surface area (Å²) >= 11 is 5.90. The monoisotopic (exact) mass is 288 g/mol. The lowest BCUT2D eigenvalue weighted by atomic mass is 9.86. The van der Waals surface area contributed by atoms with Gasteiger partial charge in [0.1, 0.15) is 5.82 Å². The average molecular weight is 289 g/mol. The normalized spacial score (nSPS) is 14.3. The van der Waals surface area contributed by atoms with Gasteiger partial charge < -0.3 is 9.84 Å². The summed E-state index contributed by atoms with van der Waals surface area (Å²) in [5.41, 5.74) is -0.0593. The smallest absolute Gasteiger partial charge is 0.312 e. The van der Waals surface area contributed by atoms with Crippen LogP contribution in [0.2, 0.25) is 5.02 Å². The van der Waals surface area contributed by atoms with Gasteiger partial charge in [0.05, 0.1) is 18.6 Å². The van der Waals surface area contributed by atoms with Crippen molar-refractivity contribution in [1.82, 2.24) is 0 Å². The van der Waals surface area contributed by atoms with E-state index in [-0.39, 0.29) is 23.1 Å². The number of aliphatic hydroxyl groups is 1. The van der Waals surface area contributed by atoms with E-state index in [1.807, 2.05) is 0 Å². The van der Waals surface area contributed by atoms with Gasteiger partial charge in [0.2, 0.25) is 0 Å². The average Bonchev–Trinajstić information content (AvgIpc) is 2.28. The lowest BCUT2D eigenvalue weighted by Crippen LogP contribution is -2.29. The first-order chi connectivity index (χ1) is 8.90. The number of hydrogen-bond acceptors (Lipinski definition) is 3. The molecule has 0 aliphatic carbocycles. The Morgan fingerprint density at radius 3 is 2.58 bits per heavy atom. The van der Waals surface area contributed by atoms with E-state index in [4.69, 9.17) is 16.3 Å². The van der Waals surface area contributed by atoms with E-state index in [2.05, 4.69) is 0 Å². The first kappa shape index (κ1) is 15.9. The number of carbonyl (C=O) groups excluding carboxylic acids is 1. The minimum absolute atomic E-state index is 0.0593. The molecule has 2 unspecified atom stereocenters. The van der Waals surface area contributed by atoms with E-state index in [0.717, 1.165) is 0 Å². The molecular weight excluding hydrogens is 271 g/mol. The molecule has 19 heavy (non-hydrogen) atoms. The SMILES string of the molecule is CCOC(=O)C(C(C)C)C(O)c1c(F)cccc1Cl. The van der Waals surface area contributed by atoms with Gasteiger partial charge in [0, 0.05) is 10.6 Å². The van der Waals surface area contributed by atoms with E-state index >= 15 is 0 Å². The summed E-state index contributed by atoms with van der Waals surface area (Å²) in [4.78, 5) is 11.9. The fraction of sp³-hybridized carbons (Fsp3) is 0.500. The molecule has 0 radical (unpaired) electrons. The van der Waals surface area contributed by atoms with Gasteiger partial charge in [0.15, 0.2) is 0 Å². The zero-order chi connectivity index (χ0) is 14.6. The van der Waals surface area contributed by atoms with Crippen LogP contribution in [0, 0.1) is 17.7 Å². The van der Waals surface area contributed by atoms with Gasteiger partial charge in [-0.25, -0.2) is 4.39 Å². The summed E-state index contributed by atoms with van der Waals surface area (Å²) in [6.45, 7) is 5.41. The highest BCUT2D eigenvalue weighted by molar-refractivity contribution is 6.31. The van der Waals surface area contributed by atoms with Crippen molar-refractivity contribution in [1.29, 1.82) is 0 Å². The summed E-state index contributed by atoms with van der Waals surface area (Å²) in [6, 6.07) is 4.13. The summed E-state index contributed by atoms with van der Waals surface area (Å²) in [5, 5.41) is 10.4. The number of hydrogen-bond donors (Lipinski definition) is 1. The lowest BCUT2D eigenvalue weighted by molar-refractivity contribution is -0.154. The Kier molecular flexibility index (Phi) is 5.76. The van der Waals surface area contributed by atoms with E-state index in [0.29, 0.717) is 0 Å². The predicted octanol–water partition coefficient (Wildman–Crippen LogP) is 3.35. The van der Waals surface area contributed by atoms with Gasteiger partial charge in [-0.3, -0.25) is 4.79 Å². The van der Waals surface area contributed by atoms with Crippen LogP contribution in [0.15, 0.2) is 18.2 Å². The topological polar surface area (TPSA) is 46.5 Å². The summed E-state index contributed by atoms with van der Waals surface area (Å²) < 4.78 is 18.7. The summed E-state index contributed by atoms with van der Waals surface area (Å²) in [5.74, 6) is -2.24. The molecule has 0 amide bonds. The van der Waals surface area contributed by atoms with Crippen LogP contribution in [0.25, 0.3) is 0 Å². The summed E-state index contributed by atoms with van der Waals surface area (Å²) in [7, 11) is 0. The number of benzene rings is 1. The fourth-order valence-corrected chi connectivity index (χ4v) is 2.25. The third kappa shape index (κ3) is 3.67. The molecule has 3 nitrogen and oxygen atoms in total. The number of aliphatic hydroxyl groups excluding tert-OH is 1. The van der Waals surface area contributed by atoms with Crippen LogP contribution >= 0.6 is 11.6 Å². The molecule has 0 bridgehead atoms. The molecule has 2 atom stereocenters. The highest BCUT2D eigenvalue weighted by Crippen LogP contribution is 2.34. The largest absolute Gasteiger partial charge is 0.466 e. The minimum Gasteiger partial charge on any atom is -0.466 e. The quantitative estimate of drug-likeness (QED) is 0.845. The van der Waals surface area contributed by atoms with Crippen molar-refractivity contribution < 1.29 is 19.0 Å². The second-order valence-electron chi connectivity index (χ2n) is 4.60. The van der Waals surface area contributed by atoms with Crippen LogP contribution in [0.3, 0.4) is 0 Å². The number of esters is 1. The van der Waals surface area contributed by atoms with Crippen LogP contribution in [-0.4, -0.2) is 17.7 Å². The van der Waals surface area contributed by atoms with Crippen molar-refractivity contribution in [2.75, 3.05) is 6.61 Å². The Morgan fingerprint density at radius 2 is 2.11 bits per heavy atom. The molecule has 1 aromatic carbocycles. The maximum atomic E-state index is 13.8. The second kappa shape index (κ2) is 6.87. The molecule has 0 saturated heterocycles. The van der Waals surface area contributed by atoms with Gasteiger partial charge in [-0.1, -0.05) is 31.5 Å². The van der Waals surface area contributed by atoms with Crippen LogP contribution < -0.4 is 0 Å². The first-order valence-corrected chi connectivity index (χ1v) is 6.56. The zero-order valence-electron chi connectivity index (χ0n) is 11.2. The van der Waals surface area contributed by atoms with Crippen LogP contribution in [-0.2, 0) is 9.53 Å². The molecule has 0 spiro atoms. The van der Waals surface area contributed by atoms with E-state index < -0.39 is 23.8 Å². The number of ether oxygens (including phenoxy) is 1. The molecule has 0 aliphatic rings. The van der Waals surface area contributed by atoms with E-state index in [1.54, 1.807) is 20.8 Å². The molecular formula is C14H18ClFO3. The Hall–Kier alpha value is -1.13. The highest BCUT2D eigenvalue weighted by atomic mass is 35.5. The van der Waals surface area contributed by atoms with Crippen molar-refractivity contribution >= 4 is 17.6 Å². The predicted molar refractivity (Wildman–Crippen MR) is 71.3 cm³/mol. The molecule has 106 valence electrons. The molecule has 1 rings (SSSR count). The maximum absolute atomic E-state index is 13.8. The highest BCUT2D eigenvalue weighted by Gasteiger charge is 2.34. The number of rotatable bonds is 5. The van der Waals surface area contributed by atoms with Crippen molar-refractivity contribution in [2.45, 2.75) is 26.9 Å². The first-order valence-electron chi connectivity index (χ1n) is 6.18. The standard InChI is InChI=1S/C14H18ClFO3/c1-4-19-14(18)11(8(2)3)13(17)12-9(15)6-5-7-10(12)16/h5-8,11,13,17H,4H2,1-3H3. The molecule has 0 fully saturated rings. The van der Waals surface area contributed by atoms with Gasteiger partial charge in [-0.15, -0.1) is 0 Å². The molecule has 1 N–H and O–H groups in total. The van der Waals surface area contributed by atoms with Crippen molar-refractivity contribution in [3.8, 4) is 0 Å². The van der Waals surface area contributed by atoms with E-state index in [9.17, 15) is 14.3 Å². The molecule has 0 heterocycles. The van der Waals surface area contributed by atoms with Crippen LogP contribution in [0.5, 0.6) is 0 Å². The molecule has 5 heteroatoms. The van der Waals surface area contributed by atoms with Gasteiger partial charge >= 0.3 is 5.97 Å². The van der Waals surface area contributed by atoms with Crippen molar-refractivity contribution in [3.63, 3.8) is 0 Å². The molecule has 0 saturated carbocycles. The van der Waals surface area contributed by atoms with Gasteiger partial charge in [0.25, 0.3) is 0 Å². The Balaban J connectivity index is 3.13. The third-order valence-corrected chi connectivity index (χ3v) is 3.24. The molecule has 1 aromatic rings.